The second-order valence-electron chi connectivity index (χ2n) is 12.7. The minimum atomic E-state index is -3.01. The van der Waals surface area contributed by atoms with Crippen LogP contribution in [-0.4, -0.2) is 82.6 Å². The van der Waals surface area contributed by atoms with E-state index in [0.29, 0.717) is 35.9 Å². The first-order valence-electron chi connectivity index (χ1n) is 15.0. The minimum Gasteiger partial charge on any atom is -0.340 e. The smallest absolute Gasteiger partial charge is 0.270 e. The predicted octanol–water partition coefficient (Wildman–Crippen LogP) is 4.52. The maximum atomic E-state index is 14.1. The molecule has 3 atom stereocenters. The van der Waals surface area contributed by atoms with E-state index < -0.39 is 23.9 Å². The average molecular weight is 601 g/mol. The molecule has 1 aliphatic carbocycles. The van der Waals surface area contributed by atoms with Crippen molar-refractivity contribution in [2.45, 2.75) is 89.3 Å². The number of nitrogens with zero attached hydrogens (tertiary/aromatic N) is 3. The molecular weight excluding hydrogens is 562 g/mol. The summed E-state index contributed by atoms with van der Waals surface area (Å²) in [6, 6.07) is 4.07. The molecular formula is C31H38F2N4O4S. The number of likely N-dealkylation sites (tertiary alicyclic amines) is 1. The van der Waals surface area contributed by atoms with E-state index in [9.17, 15) is 28.0 Å². The maximum Gasteiger partial charge on any atom is 0.270 e. The zero-order valence-corrected chi connectivity index (χ0v) is 25.0. The predicted molar refractivity (Wildman–Crippen MR) is 155 cm³/mol. The van der Waals surface area contributed by atoms with Crippen molar-refractivity contribution < 1.29 is 28.0 Å². The van der Waals surface area contributed by atoms with Gasteiger partial charge in [-0.25, -0.2) is 8.78 Å². The number of nitrogens with one attached hydrogen (secondary N) is 1. The number of fused-ring (bicyclic) bond motifs is 2. The zero-order valence-electron chi connectivity index (χ0n) is 24.2. The van der Waals surface area contributed by atoms with E-state index in [1.807, 2.05) is 4.90 Å². The molecule has 0 bridgehead atoms. The van der Waals surface area contributed by atoms with E-state index in [2.05, 4.69) is 5.32 Å². The molecule has 0 unspecified atom stereocenters. The van der Waals surface area contributed by atoms with Crippen LogP contribution in [0.1, 0.15) is 80.4 Å². The Morgan fingerprint density at radius 2 is 1.79 bits per heavy atom. The molecule has 4 fully saturated rings. The molecule has 4 heterocycles. The van der Waals surface area contributed by atoms with Gasteiger partial charge in [0.25, 0.3) is 11.8 Å². The molecule has 4 aliphatic rings. The number of carbonyl (C=O) groups is 4. The second kappa shape index (κ2) is 10.9. The molecule has 8 nitrogen and oxygen atoms in total. The molecule has 42 heavy (non-hydrogen) atoms. The SMILES string of the molecule is CC(=O)N1CC[C@H]2CC[C@@H](C(=O)N3CCC4(CCCC4)C3)N2C(=O)[C@@H](NC(=O)c2cc3cc(C(C)(F)F)ccc3s2)C1. The third kappa shape index (κ3) is 5.40. The average Bonchev–Trinajstić information content (AvgIpc) is 3.74. The number of carbonyl (C=O) groups excluding carboxylic acids is 4. The minimum absolute atomic E-state index is 0.00302. The summed E-state index contributed by atoms with van der Waals surface area (Å²) in [6.07, 6.45) is 7.57. The van der Waals surface area contributed by atoms with E-state index >= 15 is 0 Å². The van der Waals surface area contributed by atoms with Crippen molar-refractivity contribution in [2.75, 3.05) is 26.2 Å². The quantitative estimate of drug-likeness (QED) is 0.559. The van der Waals surface area contributed by atoms with E-state index in [1.165, 1.54) is 31.9 Å². The van der Waals surface area contributed by atoms with Crippen LogP contribution in [0.4, 0.5) is 8.78 Å². The molecule has 4 amide bonds. The normalized spacial score (nSPS) is 26.0. The lowest BCUT2D eigenvalue weighted by Crippen LogP contribution is -2.61. The van der Waals surface area contributed by atoms with Gasteiger partial charge in [0, 0.05) is 56.3 Å². The lowest BCUT2D eigenvalue weighted by atomic mass is 9.86. The number of benzene rings is 1. The molecule has 1 spiro atoms. The van der Waals surface area contributed by atoms with Crippen molar-refractivity contribution in [3.05, 3.63) is 34.7 Å². The van der Waals surface area contributed by atoms with Gasteiger partial charge in [0.1, 0.15) is 12.1 Å². The largest absolute Gasteiger partial charge is 0.340 e. The summed E-state index contributed by atoms with van der Waals surface area (Å²) in [5.74, 6) is -4.05. The fourth-order valence-electron chi connectivity index (χ4n) is 7.54. The van der Waals surface area contributed by atoms with Crippen LogP contribution < -0.4 is 5.32 Å². The Kier molecular flexibility index (Phi) is 7.52. The first kappa shape index (κ1) is 29.0. The summed E-state index contributed by atoms with van der Waals surface area (Å²) in [7, 11) is 0. The van der Waals surface area contributed by atoms with Crippen LogP contribution >= 0.6 is 11.3 Å². The molecule has 1 N–H and O–H groups in total. The highest BCUT2D eigenvalue weighted by Gasteiger charge is 2.49. The van der Waals surface area contributed by atoms with Gasteiger partial charge in [-0.3, -0.25) is 19.2 Å². The van der Waals surface area contributed by atoms with Crippen LogP contribution in [0.2, 0.25) is 0 Å². The summed E-state index contributed by atoms with van der Waals surface area (Å²) in [5.41, 5.74) is 0.0875. The Morgan fingerprint density at radius 1 is 1.02 bits per heavy atom. The van der Waals surface area contributed by atoms with Crippen molar-refractivity contribution in [1.82, 2.24) is 20.0 Å². The fraction of sp³-hybridized carbons (Fsp3) is 0.613. The molecule has 3 aliphatic heterocycles. The van der Waals surface area contributed by atoms with Crippen molar-refractivity contribution in [1.29, 1.82) is 0 Å². The maximum absolute atomic E-state index is 14.1. The van der Waals surface area contributed by atoms with Crippen LogP contribution in [0.3, 0.4) is 0 Å². The fourth-order valence-corrected chi connectivity index (χ4v) is 8.48. The lowest BCUT2D eigenvalue weighted by molar-refractivity contribution is -0.148. The van der Waals surface area contributed by atoms with E-state index in [0.717, 1.165) is 50.6 Å². The standard InChI is InChI=1S/C31H38F2N4O4S/c1-19(38)35-13-9-22-6-7-24(29(41)36-14-12-31(18-36)10-3-4-11-31)37(22)28(40)23(17-35)34-27(39)26-16-20-15-21(30(2,32)33)5-8-25(20)42-26/h5,8,15-16,22-24H,3-4,6-7,9-14,17-18H2,1-2H3,(H,34,39)/t22-,23+,24+/m1/s1. The second-order valence-corrected chi connectivity index (χ2v) is 13.8. The zero-order chi connectivity index (χ0) is 29.8. The molecule has 1 saturated carbocycles. The number of thiophene rings is 1. The molecule has 6 rings (SSSR count). The third-order valence-electron chi connectivity index (χ3n) is 9.89. The molecule has 11 heteroatoms. The molecule has 1 aromatic carbocycles. The van der Waals surface area contributed by atoms with Crippen LogP contribution in [0.25, 0.3) is 10.1 Å². The van der Waals surface area contributed by atoms with Crippen molar-refractivity contribution >= 4 is 45.1 Å². The van der Waals surface area contributed by atoms with Crippen molar-refractivity contribution in [2.24, 2.45) is 5.41 Å². The van der Waals surface area contributed by atoms with E-state index in [-0.39, 0.29) is 46.2 Å². The van der Waals surface area contributed by atoms with Crippen LogP contribution in [0, 0.1) is 5.41 Å². The summed E-state index contributed by atoms with van der Waals surface area (Å²) >= 11 is 1.16. The first-order chi connectivity index (χ1) is 19.9. The highest BCUT2D eigenvalue weighted by atomic mass is 32.1. The van der Waals surface area contributed by atoms with Gasteiger partial charge >= 0.3 is 0 Å². The Balaban J connectivity index is 1.23. The number of alkyl halides is 2. The third-order valence-corrected chi connectivity index (χ3v) is 11.0. The topological polar surface area (TPSA) is 90.0 Å². The van der Waals surface area contributed by atoms with Gasteiger partial charge in [-0.2, -0.15) is 0 Å². The van der Waals surface area contributed by atoms with Crippen LogP contribution in [-0.2, 0) is 20.3 Å². The van der Waals surface area contributed by atoms with Gasteiger partial charge < -0.3 is 20.0 Å². The van der Waals surface area contributed by atoms with Crippen LogP contribution in [0.5, 0.6) is 0 Å². The van der Waals surface area contributed by atoms with E-state index in [4.69, 9.17) is 0 Å². The molecule has 226 valence electrons. The van der Waals surface area contributed by atoms with Crippen molar-refractivity contribution in [3.63, 3.8) is 0 Å². The van der Waals surface area contributed by atoms with Gasteiger partial charge in [-0.05, 0) is 67.5 Å². The molecule has 2 aromatic rings. The lowest BCUT2D eigenvalue weighted by Gasteiger charge is -2.39. The molecule has 0 radical (unpaired) electrons. The Morgan fingerprint density at radius 3 is 2.50 bits per heavy atom. The van der Waals surface area contributed by atoms with Gasteiger partial charge in [-0.15, -0.1) is 11.3 Å². The van der Waals surface area contributed by atoms with Crippen molar-refractivity contribution in [3.8, 4) is 0 Å². The van der Waals surface area contributed by atoms with Crippen LogP contribution in [0.15, 0.2) is 24.3 Å². The summed E-state index contributed by atoms with van der Waals surface area (Å²) in [5, 5.41) is 3.36. The van der Waals surface area contributed by atoms with Gasteiger partial charge in [0.2, 0.25) is 17.7 Å². The number of halogens is 2. The summed E-state index contributed by atoms with van der Waals surface area (Å²) in [4.78, 5) is 59.4. The number of amides is 4. The Bertz CT molecular complexity index is 1420. The van der Waals surface area contributed by atoms with Gasteiger partial charge in [-0.1, -0.05) is 18.9 Å². The number of hydrogen-bond acceptors (Lipinski definition) is 5. The van der Waals surface area contributed by atoms with Gasteiger partial charge in [0.15, 0.2) is 0 Å². The number of rotatable bonds is 4. The highest BCUT2D eigenvalue weighted by molar-refractivity contribution is 7.20. The first-order valence-corrected chi connectivity index (χ1v) is 15.8. The number of hydrogen-bond donors (Lipinski definition) is 1. The highest BCUT2D eigenvalue weighted by Crippen LogP contribution is 2.46. The monoisotopic (exact) mass is 600 g/mol. The van der Waals surface area contributed by atoms with Gasteiger partial charge in [0.05, 0.1) is 4.88 Å². The van der Waals surface area contributed by atoms with E-state index in [1.54, 1.807) is 21.9 Å². The molecule has 3 saturated heterocycles. The summed E-state index contributed by atoms with van der Waals surface area (Å²) < 4.78 is 28.4. The summed E-state index contributed by atoms with van der Waals surface area (Å²) in [6.45, 7) is 4.19. The Hall–Kier alpha value is -3.08. The molecule has 1 aromatic heterocycles. The Labute approximate surface area is 248 Å².